The number of rotatable bonds is 6. The van der Waals surface area contributed by atoms with Crippen molar-refractivity contribution in [3.8, 4) is 16.9 Å². The van der Waals surface area contributed by atoms with Crippen LogP contribution in [0.15, 0.2) is 55.1 Å². The summed E-state index contributed by atoms with van der Waals surface area (Å²) in [5, 5.41) is 0. The fraction of sp³-hybridized carbons (Fsp3) is 0.481. The van der Waals surface area contributed by atoms with Crippen molar-refractivity contribution in [3.63, 3.8) is 0 Å². The topological polar surface area (TPSA) is 9.23 Å². The molecule has 0 spiro atoms. The summed E-state index contributed by atoms with van der Waals surface area (Å²) in [5.41, 5.74) is 2.62. The number of fused-ring (bicyclic) bond motifs is 1. The maximum absolute atomic E-state index is 14.1. The molecule has 0 bridgehead atoms. The van der Waals surface area contributed by atoms with Gasteiger partial charge in [-0.15, -0.1) is 19.8 Å². The highest BCUT2D eigenvalue weighted by Crippen LogP contribution is 2.48. The first-order chi connectivity index (χ1) is 15.3. The van der Waals surface area contributed by atoms with Crippen LogP contribution in [0, 0.1) is 23.6 Å². The molecule has 0 saturated heterocycles. The van der Waals surface area contributed by atoms with Crippen LogP contribution in [-0.4, -0.2) is 6.36 Å². The van der Waals surface area contributed by atoms with E-state index in [1.165, 1.54) is 56.6 Å². The van der Waals surface area contributed by atoms with Crippen LogP contribution in [-0.2, 0) is 0 Å². The second kappa shape index (κ2) is 9.68. The molecule has 0 amide bonds. The van der Waals surface area contributed by atoms with Crippen LogP contribution in [0.3, 0.4) is 0 Å². The summed E-state index contributed by atoms with van der Waals surface area (Å²) in [4.78, 5) is 0. The molecule has 0 N–H and O–H groups in total. The lowest BCUT2D eigenvalue weighted by atomic mass is 9.63. The summed E-state index contributed by atoms with van der Waals surface area (Å²) < 4.78 is 54.8. The number of hydrogen-bond donors (Lipinski definition) is 0. The third kappa shape index (κ3) is 5.54. The van der Waals surface area contributed by atoms with E-state index in [1.807, 2.05) is 18.2 Å². The molecule has 2 fully saturated rings. The zero-order valence-electron chi connectivity index (χ0n) is 18.2. The van der Waals surface area contributed by atoms with Crippen LogP contribution in [0.5, 0.6) is 5.75 Å². The molecule has 5 heteroatoms. The predicted molar refractivity (Wildman–Crippen MR) is 119 cm³/mol. The summed E-state index contributed by atoms with van der Waals surface area (Å²) in [6, 6.07) is 11.6. The molecule has 1 nitrogen and oxygen atoms in total. The van der Waals surface area contributed by atoms with Crippen LogP contribution in [0.2, 0.25) is 0 Å². The van der Waals surface area contributed by atoms with Crippen LogP contribution < -0.4 is 4.74 Å². The molecule has 4 atom stereocenters. The molecule has 4 unspecified atom stereocenters. The molecule has 4 rings (SSSR count). The number of allylic oxidation sites excluding steroid dienone is 1. The van der Waals surface area contributed by atoms with E-state index < -0.39 is 17.9 Å². The Morgan fingerprint density at radius 3 is 2.28 bits per heavy atom. The van der Waals surface area contributed by atoms with Gasteiger partial charge in [-0.3, -0.25) is 0 Å². The number of halogens is 4. The lowest BCUT2D eigenvalue weighted by molar-refractivity contribution is -0.275. The molecule has 2 aromatic carbocycles. The van der Waals surface area contributed by atoms with Gasteiger partial charge < -0.3 is 4.74 Å². The van der Waals surface area contributed by atoms with Gasteiger partial charge in [-0.1, -0.05) is 42.8 Å². The van der Waals surface area contributed by atoms with Gasteiger partial charge in [0.1, 0.15) is 0 Å². The van der Waals surface area contributed by atoms with E-state index in [0.717, 1.165) is 41.9 Å². The van der Waals surface area contributed by atoms with Crippen LogP contribution in [0.4, 0.5) is 17.6 Å². The molecule has 2 aliphatic carbocycles. The molecular formula is C27H30F4O. The van der Waals surface area contributed by atoms with E-state index in [-0.39, 0.29) is 0 Å². The van der Waals surface area contributed by atoms with Crippen molar-refractivity contribution in [3.05, 3.63) is 66.5 Å². The Labute approximate surface area is 187 Å². The van der Waals surface area contributed by atoms with Crippen molar-refractivity contribution < 1.29 is 22.3 Å². The summed E-state index contributed by atoms with van der Waals surface area (Å²) in [7, 11) is 0. The largest absolute Gasteiger partial charge is 0.573 e. The monoisotopic (exact) mass is 446 g/mol. The molecule has 0 heterocycles. The number of benzene rings is 2. The van der Waals surface area contributed by atoms with Crippen molar-refractivity contribution in [1.82, 2.24) is 0 Å². The van der Waals surface area contributed by atoms with Crippen molar-refractivity contribution in [1.29, 1.82) is 0 Å². The molecule has 2 aliphatic rings. The number of alkyl halides is 3. The molecule has 0 radical (unpaired) electrons. The average molecular weight is 447 g/mol. The first-order valence-electron chi connectivity index (χ1n) is 11.6. The minimum Gasteiger partial charge on any atom is -0.403 e. The fourth-order valence-corrected chi connectivity index (χ4v) is 5.74. The standard InChI is InChI=1S/C27H30F4O/c1-2-3-4-18-5-6-23-16-22(12-11-21(23)15-18)19-7-9-20(10-8-19)24-13-14-26(25(28)17-24)32-27(29,30)31/h2,7-10,13-14,17-18,21-23H,1,3-6,11-12,15-16H2. The van der Waals surface area contributed by atoms with E-state index in [2.05, 4.69) is 23.4 Å². The molecule has 2 aromatic rings. The molecule has 0 aliphatic heterocycles. The van der Waals surface area contributed by atoms with Crippen molar-refractivity contribution in [2.45, 2.75) is 63.6 Å². The van der Waals surface area contributed by atoms with E-state index in [9.17, 15) is 17.6 Å². The zero-order valence-corrected chi connectivity index (χ0v) is 18.2. The van der Waals surface area contributed by atoms with Gasteiger partial charge in [-0.2, -0.15) is 0 Å². The van der Waals surface area contributed by atoms with Crippen molar-refractivity contribution >= 4 is 0 Å². The molecule has 2 saturated carbocycles. The Balaban J connectivity index is 1.38. The van der Waals surface area contributed by atoms with E-state index >= 15 is 0 Å². The van der Waals surface area contributed by atoms with E-state index in [1.54, 1.807) is 0 Å². The summed E-state index contributed by atoms with van der Waals surface area (Å²) in [5.74, 6) is 1.24. The van der Waals surface area contributed by atoms with E-state index in [0.29, 0.717) is 11.5 Å². The lowest BCUT2D eigenvalue weighted by Gasteiger charge is -2.42. The molecule has 0 aromatic heterocycles. The van der Waals surface area contributed by atoms with Gasteiger partial charge in [0.25, 0.3) is 0 Å². The Morgan fingerprint density at radius 2 is 1.59 bits per heavy atom. The van der Waals surface area contributed by atoms with Gasteiger partial charge in [0.2, 0.25) is 0 Å². The second-order valence-corrected chi connectivity index (χ2v) is 9.39. The number of ether oxygens (including phenoxy) is 1. The highest BCUT2D eigenvalue weighted by molar-refractivity contribution is 5.64. The summed E-state index contributed by atoms with van der Waals surface area (Å²) in [6.07, 6.45) is 7.27. The first kappa shape index (κ1) is 22.9. The minimum absolute atomic E-state index is 0.533. The second-order valence-electron chi connectivity index (χ2n) is 9.39. The van der Waals surface area contributed by atoms with Crippen molar-refractivity contribution in [2.24, 2.45) is 17.8 Å². The third-order valence-electron chi connectivity index (χ3n) is 7.37. The van der Waals surface area contributed by atoms with Crippen LogP contribution in [0.1, 0.15) is 62.8 Å². The predicted octanol–water partition coefficient (Wildman–Crippen LogP) is 8.66. The van der Waals surface area contributed by atoms with Gasteiger partial charge in [0.05, 0.1) is 0 Å². The smallest absolute Gasteiger partial charge is 0.403 e. The quantitative estimate of drug-likeness (QED) is 0.319. The normalized spacial score (nSPS) is 25.8. The van der Waals surface area contributed by atoms with Gasteiger partial charge in [0.15, 0.2) is 11.6 Å². The zero-order chi connectivity index (χ0) is 22.7. The fourth-order valence-electron chi connectivity index (χ4n) is 5.74. The summed E-state index contributed by atoms with van der Waals surface area (Å²) >= 11 is 0. The van der Waals surface area contributed by atoms with Crippen molar-refractivity contribution in [2.75, 3.05) is 0 Å². The molecule has 32 heavy (non-hydrogen) atoms. The Bertz CT molecular complexity index is 918. The lowest BCUT2D eigenvalue weighted by Crippen LogP contribution is -2.30. The number of hydrogen-bond acceptors (Lipinski definition) is 1. The average Bonchev–Trinajstić information content (AvgIpc) is 2.78. The SMILES string of the molecule is C=CCCC1CCC2CC(c3ccc(-c4ccc(OC(F)(F)F)c(F)c4)cc3)CCC2C1. The minimum atomic E-state index is -4.91. The van der Waals surface area contributed by atoms with Gasteiger partial charge in [-0.25, -0.2) is 4.39 Å². The van der Waals surface area contributed by atoms with Crippen LogP contribution >= 0.6 is 0 Å². The first-order valence-corrected chi connectivity index (χ1v) is 11.6. The third-order valence-corrected chi connectivity index (χ3v) is 7.37. The van der Waals surface area contributed by atoms with Gasteiger partial charge in [-0.05, 0) is 97.4 Å². The maximum Gasteiger partial charge on any atom is 0.573 e. The van der Waals surface area contributed by atoms with E-state index in [4.69, 9.17) is 0 Å². The Morgan fingerprint density at radius 1 is 0.906 bits per heavy atom. The molecule has 172 valence electrons. The van der Waals surface area contributed by atoms with Gasteiger partial charge in [0, 0.05) is 0 Å². The molecular weight excluding hydrogens is 416 g/mol. The Kier molecular flexibility index (Phi) is 6.92. The van der Waals surface area contributed by atoms with Gasteiger partial charge >= 0.3 is 6.36 Å². The highest BCUT2D eigenvalue weighted by atomic mass is 19.4. The highest BCUT2D eigenvalue weighted by Gasteiger charge is 2.36. The summed E-state index contributed by atoms with van der Waals surface area (Å²) in [6.45, 7) is 3.85. The maximum atomic E-state index is 14.1. The Hall–Kier alpha value is -2.30. The van der Waals surface area contributed by atoms with Crippen LogP contribution in [0.25, 0.3) is 11.1 Å².